The van der Waals surface area contributed by atoms with E-state index < -0.39 is 0 Å². The van der Waals surface area contributed by atoms with Gasteiger partial charge in [0.25, 0.3) is 0 Å². The highest BCUT2D eigenvalue weighted by Gasteiger charge is 2.16. The fraction of sp³-hybridized carbons (Fsp3) is 0.455. The molecule has 0 radical (unpaired) electrons. The Labute approximate surface area is 103 Å². The van der Waals surface area contributed by atoms with Gasteiger partial charge in [0.2, 0.25) is 0 Å². The molecule has 0 aromatic heterocycles. The van der Waals surface area contributed by atoms with Crippen LogP contribution in [0.1, 0.15) is 6.42 Å². The molecule has 0 spiro atoms. The van der Waals surface area contributed by atoms with Crippen LogP contribution in [0.2, 0.25) is 0 Å². The molecule has 1 fully saturated rings. The Kier molecular flexibility index (Phi) is 3.94. The maximum absolute atomic E-state index is 5.92. The quantitative estimate of drug-likeness (QED) is 0.685. The molecule has 15 heavy (non-hydrogen) atoms. The second-order valence-electron chi connectivity index (χ2n) is 3.72. The molecule has 2 rings (SSSR count). The lowest BCUT2D eigenvalue weighted by Gasteiger charge is -2.09. The van der Waals surface area contributed by atoms with Crippen molar-refractivity contribution in [3.05, 3.63) is 22.7 Å². The van der Waals surface area contributed by atoms with Crippen molar-refractivity contribution in [2.45, 2.75) is 11.3 Å². The van der Waals surface area contributed by atoms with E-state index >= 15 is 0 Å². The second kappa shape index (κ2) is 5.23. The highest BCUT2D eigenvalue weighted by atomic mass is 79.9. The molecule has 1 unspecified atom stereocenters. The Morgan fingerprint density at radius 1 is 1.53 bits per heavy atom. The first-order valence-electron chi connectivity index (χ1n) is 5.01. The van der Waals surface area contributed by atoms with Gasteiger partial charge in [-0.3, -0.25) is 0 Å². The summed E-state index contributed by atoms with van der Waals surface area (Å²) in [7, 11) is 0. The molecule has 0 saturated carbocycles. The number of benzene rings is 1. The highest BCUT2D eigenvalue weighted by Crippen LogP contribution is 2.30. The zero-order valence-corrected chi connectivity index (χ0v) is 10.8. The molecule has 1 aromatic carbocycles. The minimum Gasteiger partial charge on any atom is -0.398 e. The van der Waals surface area contributed by atoms with Crippen LogP contribution in [0.25, 0.3) is 0 Å². The Balaban J connectivity index is 1.92. The summed E-state index contributed by atoms with van der Waals surface area (Å²) in [4.78, 5) is 1.17. The lowest BCUT2D eigenvalue weighted by Crippen LogP contribution is -2.02. The summed E-state index contributed by atoms with van der Waals surface area (Å²) >= 11 is 5.23. The Bertz CT molecular complexity index is 339. The molecule has 1 atom stereocenters. The van der Waals surface area contributed by atoms with Crippen LogP contribution in [0, 0.1) is 5.92 Å². The average Bonchev–Trinajstić information content (AvgIpc) is 2.69. The monoisotopic (exact) mass is 287 g/mol. The Hall–Kier alpha value is -0.190. The van der Waals surface area contributed by atoms with Gasteiger partial charge in [-0.15, -0.1) is 11.8 Å². The van der Waals surface area contributed by atoms with Gasteiger partial charge in [-0.1, -0.05) is 15.9 Å². The molecule has 0 aliphatic carbocycles. The Morgan fingerprint density at radius 2 is 2.40 bits per heavy atom. The number of ether oxygens (including phenoxy) is 1. The number of nitrogen functional groups attached to an aromatic ring is 1. The van der Waals surface area contributed by atoms with E-state index in [4.69, 9.17) is 10.5 Å². The van der Waals surface area contributed by atoms with E-state index in [9.17, 15) is 0 Å². The molecule has 4 heteroatoms. The van der Waals surface area contributed by atoms with E-state index in [2.05, 4.69) is 22.0 Å². The molecule has 1 saturated heterocycles. The van der Waals surface area contributed by atoms with Crippen LogP contribution in [0.15, 0.2) is 27.6 Å². The van der Waals surface area contributed by atoms with E-state index in [1.807, 2.05) is 23.9 Å². The van der Waals surface area contributed by atoms with Gasteiger partial charge < -0.3 is 10.5 Å². The van der Waals surface area contributed by atoms with Crippen LogP contribution in [0.5, 0.6) is 0 Å². The summed E-state index contributed by atoms with van der Waals surface area (Å²) in [6.45, 7) is 1.82. The van der Waals surface area contributed by atoms with E-state index in [1.165, 1.54) is 11.3 Å². The van der Waals surface area contributed by atoms with Gasteiger partial charge in [0.1, 0.15) is 0 Å². The molecule has 0 bridgehead atoms. The predicted molar refractivity (Wildman–Crippen MR) is 68.2 cm³/mol. The lowest BCUT2D eigenvalue weighted by molar-refractivity contribution is 0.189. The zero-order valence-electron chi connectivity index (χ0n) is 8.41. The minimum atomic E-state index is 0.693. The van der Waals surface area contributed by atoms with Gasteiger partial charge in [0, 0.05) is 27.4 Å². The molecular formula is C11H14BrNOS. The first kappa shape index (κ1) is 11.3. The second-order valence-corrected chi connectivity index (χ2v) is 5.70. The molecule has 2 nitrogen and oxygen atoms in total. The van der Waals surface area contributed by atoms with E-state index in [0.29, 0.717) is 5.92 Å². The van der Waals surface area contributed by atoms with Crippen molar-refractivity contribution in [3.8, 4) is 0 Å². The van der Waals surface area contributed by atoms with E-state index in [1.54, 1.807) is 0 Å². The van der Waals surface area contributed by atoms with Crippen LogP contribution in [0.4, 0.5) is 5.69 Å². The fourth-order valence-corrected chi connectivity index (χ4v) is 3.02. The summed E-state index contributed by atoms with van der Waals surface area (Å²) in [6.07, 6.45) is 1.18. The molecule has 0 amide bonds. The summed E-state index contributed by atoms with van der Waals surface area (Å²) < 4.78 is 6.38. The SMILES string of the molecule is Nc1cc(Br)ccc1SCC1CCOC1. The highest BCUT2D eigenvalue weighted by molar-refractivity contribution is 9.10. The molecule has 1 aromatic rings. The van der Waals surface area contributed by atoms with Gasteiger partial charge in [-0.05, 0) is 30.5 Å². The summed E-state index contributed by atoms with van der Waals surface area (Å²) in [5.74, 6) is 1.80. The smallest absolute Gasteiger partial charge is 0.0503 e. The van der Waals surface area contributed by atoms with Gasteiger partial charge in [0.05, 0.1) is 6.61 Å². The van der Waals surface area contributed by atoms with Crippen molar-refractivity contribution in [2.75, 3.05) is 24.7 Å². The molecule has 1 aliphatic rings. The third kappa shape index (κ3) is 3.13. The third-order valence-corrected chi connectivity index (χ3v) is 4.28. The Morgan fingerprint density at radius 3 is 3.07 bits per heavy atom. The van der Waals surface area contributed by atoms with Gasteiger partial charge in [0.15, 0.2) is 0 Å². The molecule has 1 heterocycles. The van der Waals surface area contributed by atoms with Crippen molar-refractivity contribution in [1.29, 1.82) is 0 Å². The zero-order chi connectivity index (χ0) is 10.7. The normalized spacial score (nSPS) is 20.7. The van der Waals surface area contributed by atoms with Gasteiger partial charge in [-0.25, -0.2) is 0 Å². The number of hydrogen-bond donors (Lipinski definition) is 1. The number of rotatable bonds is 3. The molecule has 1 aliphatic heterocycles. The van der Waals surface area contributed by atoms with Gasteiger partial charge >= 0.3 is 0 Å². The maximum Gasteiger partial charge on any atom is 0.0503 e. The first-order valence-corrected chi connectivity index (χ1v) is 6.79. The van der Waals surface area contributed by atoms with Crippen LogP contribution in [-0.4, -0.2) is 19.0 Å². The van der Waals surface area contributed by atoms with Crippen molar-refractivity contribution in [3.63, 3.8) is 0 Å². The number of nitrogens with two attached hydrogens (primary N) is 1. The number of hydrogen-bond acceptors (Lipinski definition) is 3. The van der Waals surface area contributed by atoms with Gasteiger partial charge in [-0.2, -0.15) is 0 Å². The fourth-order valence-electron chi connectivity index (χ4n) is 1.57. The molecule has 82 valence electrons. The number of anilines is 1. The number of thioether (sulfide) groups is 1. The maximum atomic E-state index is 5.92. The van der Waals surface area contributed by atoms with Crippen molar-refractivity contribution >= 4 is 33.4 Å². The van der Waals surface area contributed by atoms with Crippen LogP contribution in [-0.2, 0) is 4.74 Å². The minimum absolute atomic E-state index is 0.693. The standard InChI is InChI=1S/C11H14BrNOS/c12-9-1-2-11(10(13)5-9)15-7-8-3-4-14-6-8/h1-2,5,8H,3-4,6-7,13H2. The van der Waals surface area contributed by atoms with E-state index in [-0.39, 0.29) is 0 Å². The van der Waals surface area contributed by atoms with Crippen LogP contribution in [0.3, 0.4) is 0 Å². The molecule has 2 N–H and O–H groups in total. The topological polar surface area (TPSA) is 35.2 Å². The van der Waals surface area contributed by atoms with Crippen molar-refractivity contribution in [2.24, 2.45) is 5.92 Å². The largest absolute Gasteiger partial charge is 0.398 e. The average molecular weight is 288 g/mol. The lowest BCUT2D eigenvalue weighted by atomic mass is 10.2. The van der Waals surface area contributed by atoms with E-state index in [0.717, 1.165) is 29.1 Å². The van der Waals surface area contributed by atoms with Crippen LogP contribution >= 0.6 is 27.7 Å². The van der Waals surface area contributed by atoms with Crippen molar-refractivity contribution in [1.82, 2.24) is 0 Å². The number of halogens is 1. The first-order chi connectivity index (χ1) is 7.25. The third-order valence-electron chi connectivity index (χ3n) is 2.47. The van der Waals surface area contributed by atoms with Crippen LogP contribution < -0.4 is 5.73 Å². The van der Waals surface area contributed by atoms with Crippen molar-refractivity contribution < 1.29 is 4.74 Å². The summed E-state index contributed by atoms with van der Waals surface area (Å²) in [5, 5.41) is 0. The summed E-state index contributed by atoms with van der Waals surface area (Å²) in [5.41, 5.74) is 6.78. The molecular weight excluding hydrogens is 274 g/mol. The summed E-state index contributed by atoms with van der Waals surface area (Å²) in [6, 6.07) is 6.05. The predicted octanol–water partition coefficient (Wildman–Crippen LogP) is 3.16.